The van der Waals surface area contributed by atoms with Crippen LogP contribution in [0.4, 0.5) is 10.1 Å². The topological polar surface area (TPSA) is 54.5 Å². The van der Waals surface area contributed by atoms with Crippen LogP contribution in [0.5, 0.6) is 0 Å². The summed E-state index contributed by atoms with van der Waals surface area (Å²) in [6.45, 7) is 2.24. The quantitative estimate of drug-likeness (QED) is 0.844. The highest BCUT2D eigenvalue weighted by atomic mass is 32.2. The molecule has 0 heterocycles. The van der Waals surface area contributed by atoms with Crippen LogP contribution in [-0.2, 0) is 15.6 Å². The van der Waals surface area contributed by atoms with Crippen molar-refractivity contribution in [1.82, 2.24) is 0 Å². The summed E-state index contributed by atoms with van der Waals surface area (Å²) >= 11 is 0. The summed E-state index contributed by atoms with van der Waals surface area (Å²) in [5, 5.41) is 0. The van der Waals surface area contributed by atoms with Crippen LogP contribution in [0.25, 0.3) is 0 Å². The molecule has 0 aliphatic heterocycles. The lowest BCUT2D eigenvalue weighted by atomic mass is 10.1. The van der Waals surface area contributed by atoms with Crippen LogP contribution in [-0.4, -0.2) is 27.1 Å². The number of hydrogen-bond acceptors (Lipinski definition) is 3. The van der Waals surface area contributed by atoms with Gasteiger partial charge in [0.1, 0.15) is 5.82 Å². The van der Waals surface area contributed by atoms with Crippen molar-refractivity contribution >= 4 is 21.4 Å². The van der Waals surface area contributed by atoms with E-state index in [1.165, 1.54) is 29.2 Å². The normalized spacial score (nSPS) is 11.3. The van der Waals surface area contributed by atoms with E-state index in [0.29, 0.717) is 23.4 Å². The van der Waals surface area contributed by atoms with Crippen LogP contribution in [0, 0.1) is 5.82 Å². The van der Waals surface area contributed by atoms with Gasteiger partial charge in [0.15, 0.2) is 9.84 Å². The number of carbonyl (C=O) groups excluding carboxylic acids is 1. The van der Waals surface area contributed by atoms with E-state index in [1.807, 2.05) is 6.92 Å². The summed E-state index contributed by atoms with van der Waals surface area (Å²) in [6, 6.07) is 12.2. The Balaban J connectivity index is 2.31. The molecule has 0 unspecified atom stereocenters. The minimum absolute atomic E-state index is 0.114. The first-order valence-corrected chi connectivity index (χ1v) is 9.20. The maximum atomic E-state index is 13.0. The molecule has 0 saturated heterocycles. The fourth-order valence-corrected chi connectivity index (χ4v) is 3.10. The van der Waals surface area contributed by atoms with Gasteiger partial charge in [0.25, 0.3) is 5.91 Å². The van der Waals surface area contributed by atoms with Crippen LogP contribution in [0.2, 0.25) is 0 Å². The van der Waals surface area contributed by atoms with Crippen LogP contribution < -0.4 is 4.90 Å². The Bertz CT molecular complexity index is 801. The first kappa shape index (κ1) is 17.1. The Hall–Kier alpha value is -2.21. The van der Waals surface area contributed by atoms with Gasteiger partial charge in [-0.1, -0.05) is 12.1 Å². The lowest BCUT2D eigenvalue weighted by molar-refractivity contribution is 0.0988. The van der Waals surface area contributed by atoms with E-state index in [9.17, 15) is 17.6 Å². The average Bonchev–Trinajstić information content (AvgIpc) is 2.48. The zero-order valence-electron chi connectivity index (χ0n) is 13.0. The van der Waals surface area contributed by atoms with Crippen molar-refractivity contribution in [3.63, 3.8) is 0 Å². The summed E-state index contributed by atoms with van der Waals surface area (Å²) in [7, 11) is -3.17. The molecular formula is C17H18FNO3S. The lowest BCUT2D eigenvalue weighted by Crippen LogP contribution is -2.30. The van der Waals surface area contributed by atoms with Gasteiger partial charge in [-0.05, 0) is 48.9 Å². The third kappa shape index (κ3) is 4.63. The monoisotopic (exact) mass is 335 g/mol. The number of halogens is 1. The highest BCUT2D eigenvalue weighted by molar-refractivity contribution is 7.89. The average molecular weight is 335 g/mol. The van der Waals surface area contributed by atoms with Gasteiger partial charge in [-0.3, -0.25) is 4.79 Å². The molecule has 0 N–H and O–H groups in total. The smallest absolute Gasteiger partial charge is 0.258 e. The Morgan fingerprint density at radius 2 is 1.78 bits per heavy atom. The lowest BCUT2D eigenvalue weighted by Gasteiger charge is -2.21. The van der Waals surface area contributed by atoms with Gasteiger partial charge in [-0.25, -0.2) is 12.8 Å². The largest absolute Gasteiger partial charge is 0.309 e. The Morgan fingerprint density at radius 3 is 2.35 bits per heavy atom. The van der Waals surface area contributed by atoms with Crippen molar-refractivity contribution in [2.75, 3.05) is 17.7 Å². The van der Waals surface area contributed by atoms with E-state index in [-0.39, 0.29) is 17.5 Å². The van der Waals surface area contributed by atoms with E-state index in [4.69, 9.17) is 0 Å². The second-order valence-corrected chi connectivity index (χ2v) is 7.44. The fraction of sp³-hybridized carbons (Fsp3) is 0.235. The van der Waals surface area contributed by atoms with Crippen LogP contribution >= 0.6 is 0 Å². The van der Waals surface area contributed by atoms with Gasteiger partial charge in [0.05, 0.1) is 5.75 Å². The van der Waals surface area contributed by atoms with E-state index in [1.54, 1.807) is 24.3 Å². The minimum atomic E-state index is -3.17. The predicted molar refractivity (Wildman–Crippen MR) is 88.7 cm³/mol. The van der Waals surface area contributed by atoms with Crippen molar-refractivity contribution in [3.05, 3.63) is 65.5 Å². The molecule has 4 nitrogen and oxygen atoms in total. The predicted octanol–water partition coefficient (Wildman–Crippen LogP) is 3.04. The number of sulfone groups is 1. The summed E-state index contributed by atoms with van der Waals surface area (Å²) in [6.07, 6.45) is 1.15. The maximum Gasteiger partial charge on any atom is 0.258 e. The van der Waals surface area contributed by atoms with Crippen LogP contribution in [0.1, 0.15) is 22.8 Å². The van der Waals surface area contributed by atoms with E-state index in [2.05, 4.69) is 0 Å². The molecule has 0 fully saturated rings. The van der Waals surface area contributed by atoms with Crippen LogP contribution in [0.3, 0.4) is 0 Å². The summed E-state index contributed by atoms with van der Waals surface area (Å²) < 4.78 is 35.8. The summed E-state index contributed by atoms with van der Waals surface area (Å²) in [4.78, 5) is 14.2. The molecule has 0 radical (unpaired) electrons. The molecule has 6 heteroatoms. The number of hydrogen-bond donors (Lipinski definition) is 0. The molecular weight excluding hydrogens is 317 g/mol. The highest BCUT2D eigenvalue weighted by Gasteiger charge is 2.17. The highest BCUT2D eigenvalue weighted by Crippen LogP contribution is 2.19. The number of rotatable bonds is 5. The van der Waals surface area contributed by atoms with Gasteiger partial charge < -0.3 is 4.90 Å². The molecule has 0 spiro atoms. The number of benzene rings is 2. The second kappa shape index (κ2) is 6.91. The fourth-order valence-electron chi connectivity index (χ4n) is 2.32. The first-order chi connectivity index (χ1) is 10.8. The Labute approximate surface area is 135 Å². The number of carbonyl (C=O) groups is 1. The third-order valence-corrected chi connectivity index (χ3v) is 4.16. The minimum Gasteiger partial charge on any atom is -0.309 e. The SMILES string of the molecule is CCN(C(=O)c1cccc(CS(C)(=O)=O)c1)c1ccc(F)cc1. The molecule has 0 aromatic heterocycles. The maximum absolute atomic E-state index is 13.0. The van der Waals surface area contributed by atoms with Crippen LogP contribution in [0.15, 0.2) is 48.5 Å². The molecule has 1 amide bonds. The molecule has 2 aromatic carbocycles. The van der Waals surface area contributed by atoms with E-state index < -0.39 is 9.84 Å². The van der Waals surface area contributed by atoms with Gasteiger partial charge in [0.2, 0.25) is 0 Å². The van der Waals surface area contributed by atoms with Crippen molar-refractivity contribution < 1.29 is 17.6 Å². The molecule has 23 heavy (non-hydrogen) atoms. The number of nitrogens with zero attached hydrogens (tertiary/aromatic N) is 1. The molecule has 122 valence electrons. The standard InChI is InChI=1S/C17H18FNO3S/c1-3-19(16-9-7-15(18)8-10-16)17(20)14-6-4-5-13(11-14)12-23(2,21)22/h4-11H,3,12H2,1-2H3. The van der Waals surface area contributed by atoms with Crippen molar-refractivity contribution in [2.45, 2.75) is 12.7 Å². The molecule has 0 atom stereocenters. The molecule has 0 bridgehead atoms. The summed E-state index contributed by atoms with van der Waals surface area (Å²) in [5.74, 6) is -0.738. The molecule has 0 aliphatic carbocycles. The van der Waals surface area contributed by atoms with Gasteiger partial charge in [-0.15, -0.1) is 0 Å². The van der Waals surface area contributed by atoms with Crippen molar-refractivity contribution in [1.29, 1.82) is 0 Å². The van der Waals surface area contributed by atoms with Gasteiger partial charge >= 0.3 is 0 Å². The number of anilines is 1. The zero-order valence-corrected chi connectivity index (χ0v) is 13.8. The molecule has 2 rings (SSSR count). The van der Waals surface area contributed by atoms with Crippen molar-refractivity contribution in [2.24, 2.45) is 0 Å². The Morgan fingerprint density at radius 1 is 1.13 bits per heavy atom. The Kier molecular flexibility index (Phi) is 5.15. The number of amides is 1. The second-order valence-electron chi connectivity index (χ2n) is 5.30. The van der Waals surface area contributed by atoms with E-state index in [0.717, 1.165) is 6.26 Å². The summed E-state index contributed by atoms with van der Waals surface area (Å²) in [5.41, 5.74) is 1.55. The third-order valence-electron chi connectivity index (χ3n) is 3.30. The molecule has 0 saturated carbocycles. The zero-order chi connectivity index (χ0) is 17.0. The van der Waals surface area contributed by atoms with Gasteiger partial charge in [-0.2, -0.15) is 0 Å². The first-order valence-electron chi connectivity index (χ1n) is 7.14. The van der Waals surface area contributed by atoms with Gasteiger partial charge in [0, 0.05) is 24.1 Å². The van der Waals surface area contributed by atoms with E-state index >= 15 is 0 Å². The molecule has 2 aromatic rings. The van der Waals surface area contributed by atoms with Crippen molar-refractivity contribution in [3.8, 4) is 0 Å². The molecule has 0 aliphatic rings.